The van der Waals surface area contributed by atoms with Crippen LogP contribution in [0.1, 0.15) is 24.1 Å². The molecule has 0 aliphatic rings. The normalized spacial score (nSPS) is 12.3. The van der Waals surface area contributed by atoms with Crippen LogP contribution in [-0.2, 0) is 0 Å². The second kappa shape index (κ2) is 5.93. The molecule has 2 aromatic carbocycles. The van der Waals surface area contributed by atoms with Crippen molar-refractivity contribution in [2.45, 2.75) is 19.9 Å². The molecule has 4 heteroatoms. The third-order valence-electron chi connectivity index (χ3n) is 3.08. The molecule has 0 saturated carbocycles. The van der Waals surface area contributed by atoms with Gasteiger partial charge in [-0.05, 0) is 49.2 Å². The minimum Gasteiger partial charge on any atom is -0.378 e. The summed E-state index contributed by atoms with van der Waals surface area (Å²) in [5.41, 5.74) is 3.13. The van der Waals surface area contributed by atoms with Gasteiger partial charge in [-0.2, -0.15) is 0 Å². The fraction of sp³-hybridized carbons (Fsp3) is 0.200. The van der Waals surface area contributed by atoms with Gasteiger partial charge in [0.25, 0.3) is 0 Å². The molecule has 0 amide bonds. The predicted octanol–water partition coefficient (Wildman–Crippen LogP) is 5.72. The van der Waals surface area contributed by atoms with E-state index in [1.54, 1.807) is 12.1 Å². The van der Waals surface area contributed by atoms with Crippen LogP contribution in [0, 0.1) is 12.7 Å². The van der Waals surface area contributed by atoms with Crippen molar-refractivity contribution in [3.05, 3.63) is 62.8 Å². The van der Waals surface area contributed by atoms with E-state index in [-0.39, 0.29) is 11.1 Å². The van der Waals surface area contributed by atoms with Crippen LogP contribution in [0.25, 0.3) is 0 Å². The largest absolute Gasteiger partial charge is 0.378 e. The Kier molecular flexibility index (Phi) is 4.48. The topological polar surface area (TPSA) is 12.0 Å². The zero-order valence-electron chi connectivity index (χ0n) is 10.7. The van der Waals surface area contributed by atoms with Gasteiger partial charge in [0.2, 0.25) is 0 Å². The van der Waals surface area contributed by atoms with Crippen molar-refractivity contribution in [2.24, 2.45) is 0 Å². The van der Waals surface area contributed by atoms with Gasteiger partial charge >= 0.3 is 0 Å². The molecular formula is C15H14BrClFN. The molecule has 0 aliphatic carbocycles. The summed E-state index contributed by atoms with van der Waals surface area (Å²) < 4.78 is 14.2. The van der Waals surface area contributed by atoms with Gasteiger partial charge in [-0.3, -0.25) is 0 Å². The molecule has 1 unspecified atom stereocenters. The minimum absolute atomic E-state index is 0.0473. The molecule has 0 fully saturated rings. The molecule has 19 heavy (non-hydrogen) atoms. The van der Waals surface area contributed by atoms with E-state index in [0.29, 0.717) is 0 Å². The summed E-state index contributed by atoms with van der Waals surface area (Å²) in [6.07, 6.45) is 0. The summed E-state index contributed by atoms with van der Waals surface area (Å²) in [6, 6.07) is 10.8. The van der Waals surface area contributed by atoms with Crippen LogP contribution in [0.3, 0.4) is 0 Å². The molecule has 0 saturated heterocycles. The van der Waals surface area contributed by atoms with Crippen LogP contribution in [0.4, 0.5) is 10.1 Å². The summed E-state index contributed by atoms with van der Waals surface area (Å²) in [5.74, 6) is -0.392. The van der Waals surface area contributed by atoms with Gasteiger partial charge in [-0.1, -0.05) is 39.7 Å². The van der Waals surface area contributed by atoms with E-state index in [4.69, 9.17) is 11.6 Å². The molecule has 2 aromatic rings. The molecule has 0 spiro atoms. The van der Waals surface area contributed by atoms with E-state index in [1.165, 1.54) is 6.07 Å². The third kappa shape index (κ3) is 3.28. The van der Waals surface area contributed by atoms with Crippen LogP contribution >= 0.6 is 27.5 Å². The quantitative estimate of drug-likeness (QED) is 0.752. The molecule has 100 valence electrons. The average molecular weight is 343 g/mol. The van der Waals surface area contributed by atoms with Gasteiger partial charge < -0.3 is 5.32 Å². The second-order valence-corrected chi connectivity index (χ2v) is 5.71. The molecule has 0 aromatic heterocycles. The average Bonchev–Trinajstić information content (AvgIpc) is 2.38. The van der Waals surface area contributed by atoms with Gasteiger partial charge in [0.05, 0.1) is 5.02 Å². The molecule has 1 nitrogen and oxygen atoms in total. The first-order chi connectivity index (χ1) is 8.99. The van der Waals surface area contributed by atoms with E-state index in [2.05, 4.69) is 21.2 Å². The minimum atomic E-state index is -0.392. The van der Waals surface area contributed by atoms with Gasteiger partial charge in [0.1, 0.15) is 5.82 Å². The van der Waals surface area contributed by atoms with E-state index < -0.39 is 5.82 Å². The Morgan fingerprint density at radius 2 is 2.00 bits per heavy atom. The maximum absolute atomic E-state index is 13.1. The van der Waals surface area contributed by atoms with Gasteiger partial charge in [0, 0.05) is 16.2 Å². The van der Waals surface area contributed by atoms with Crippen LogP contribution in [0.2, 0.25) is 5.02 Å². The van der Waals surface area contributed by atoms with Crippen LogP contribution in [0.5, 0.6) is 0 Å². The lowest BCUT2D eigenvalue weighted by atomic mass is 10.1. The first kappa shape index (κ1) is 14.4. The van der Waals surface area contributed by atoms with Crippen LogP contribution in [0.15, 0.2) is 40.9 Å². The monoisotopic (exact) mass is 341 g/mol. The van der Waals surface area contributed by atoms with Crippen molar-refractivity contribution < 1.29 is 4.39 Å². The fourth-order valence-corrected chi connectivity index (χ4v) is 2.42. The Morgan fingerprint density at radius 1 is 1.26 bits per heavy atom. The molecule has 0 heterocycles. The van der Waals surface area contributed by atoms with E-state index in [1.807, 2.05) is 32.0 Å². The molecule has 0 bridgehead atoms. The highest BCUT2D eigenvalue weighted by atomic mass is 79.9. The van der Waals surface area contributed by atoms with Crippen molar-refractivity contribution in [1.29, 1.82) is 0 Å². The van der Waals surface area contributed by atoms with Gasteiger partial charge in [-0.15, -0.1) is 0 Å². The lowest BCUT2D eigenvalue weighted by Gasteiger charge is -2.18. The number of benzene rings is 2. The van der Waals surface area contributed by atoms with E-state index >= 15 is 0 Å². The Morgan fingerprint density at radius 3 is 2.68 bits per heavy atom. The maximum Gasteiger partial charge on any atom is 0.141 e. The molecule has 1 atom stereocenters. The molecule has 0 aliphatic heterocycles. The van der Waals surface area contributed by atoms with Crippen molar-refractivity contribution in [3.63, 3.8) is 0 Å². The van der Waals surface area contributed by atoms with Gasteiger partial charge in [0.15, 0.2) is 0 Å². The third-order valence-corrected chi connectivity index (χ3v) is 4.23. The highest BCUT2D eigenvalue weighted by Gasteiger charge is 2.10. The summed E-state index contributed by atoms with van der Waals surface area (Å²) >= 11 is 9.31. The Hall–Kier alpha value is -1.06. The smallest absolute Gasteiger partial charge is 0.141 e. The maximum atomic E-state index is 13.1. The first-order valence-electron chi connectivity index (χ1n) is 5.95. The highest BCUT2D eigenvalue weighted by Crippen LogP contribution is 2.28. The van der Waals surface area contributed by atoms with Gasteiger partial charge in [-0.25, -0.2) is 4.39 Å². The standard InChI is InChI=1S/C15H14BrClFN/c1-9-12(16)4-3-5-15(9)19-10(2)11-6-7-14(18)13(17)8-11/h3-8,10,19H,1-2H3. The predicted molar refractivity (Wildman–Crippen MR) is 82.3 cm³/mol. The summed E-state index contributed by atoms with van der Waals surface area (Å²) in [6.45, 7) is 4.06. The lowest BCUT2D eigenvalue weighted by molar-refractivity contribution is 0.627. The molecule has 1 N–H and O–H groups in total. The molecule has 2 rings (SSSR count). The van der Waals surface area contributed by atoms with E-state index in [0.717, 1.165) is 21.3 Å². The SMILES string of the molecule is Cc1c(Br)cccc1NC(C)c1ccc(F)c(Cl)c1. The molecular weight excluding hydrogens is 329 g/mol. The zero-order chi connectivity index (χ0) is 14.0. The Balaban J connectivity index is 2.23. The summed E-state index contributed by atoms with van der Waals surface area (Å²) in [7, 11) is 0. The number of hydrogen-bond acceptors (Lipinski definition) is 1. The van der Waals surface area contributed by atoms with E-state index in [9.17, 15) is 4.39 Å². The number of rotatable bonds is 3. The fourth-order valence-electron chi connectivity index (χ4n) is 1.86. The lowest BCUT2D eigenvalue weighted by Crippen LogP contribution is -2.08. The summed E-state index contributed by atoms with van der Waals surface area (Å²) in [5, 5.41) is 3.55. The number of nitrogens with one attached hydrogen (secondary N) is 1. The van der Waals surface area contributed by atoms with Crippen molar-refractivity contribution in [3.8, 4) is 0 Å². The zero-order valence-corrected chi connectivity index (χ0v) is 13.0. The van der Waals surface area contributed by atoms with Crippen LogP contribution in [-0.4, -0.2) is 0 Å². The highest BCUT2D eigenvalue weighted by molar-refractivity contribution is 9.10. The number of hydrogen-bond donors (Lipinski definition) is 1. The van der Waals surface area contributed by atoms with Crippen molar-refractivity contribution >= 4 is 33.2 Å². The first-order valence-corrected chi connectivity index (χ1v) is 7.12. The van der Waals surface area contributed by atoms with Crippen molar-refractivity contribution in [2.75, 3.05) is 5.32 Å². The Bertz CT molecular complexity index is 601. The Labute approximate surface area is 125 Å². The number of anilines is 1. The van der Waals surface area contributed by atoms with Crippen molar-refractivity contribution in [1.82, 2.24) is 0 Å². The summed E-state index contributed by atoms with van der Waals surface area (Å²) in [4.78, 5) is 0. The number of halogens is 3. The van der Waals surface area contributed by atoms with Crippen LogP contribution < -0.4 is 5.32 Å². The second-order valence-electron chi connectivity index (χ2n) is 4.45. The molecule has 0 radical (unpaired) electrons.